The van der Waals surface area contributed by atoms with Gasteiger partial charge in [-0.25, -0.2) is 0 Å². The molecule has 1 saturated carbocycles. The Hall–Kier alpha value is -0.860. The molecular formula is C8H13N3. The lowest BCUT2D eigenvalue weighted by atomic mass is 10.2. The summed E-state index contributed by atoms with van der Waals surface area (Å²) in [4.78, 5) is 0. The summed E-state index contributed by atoms with van der Waals surface area (Å²) < 4.78 is 2.00. The van der Waals surface area contributed by atoms with Gasteiger partial charge in [0.15, 0.2) is 0 Å². The Morgan fingerprint density at radius 3 is 3.00 bits per heavy atom. The number of hydrogen-bond acceptors (Lipinski definition) is 2. The van der Waals surface area contributed by atoms with Gasteiger partial charge in [0, 0.05) is 13.5 Å². The average molecular weight is 151 g/mol. The first-order valence-electron chi connectivity index (χ1n) is 4.19. The van der Waals surface area contributed by atoms with Crippen LogP contribution in [0, 0.1) is 5.92 Å². The lowest BCUT2D eigenvalue weighted by Crippen LogP contribution is -1.97. The van der Waals surface area contributed by atoms with E-state index < -0.39 is 0 Å². The maximum Gasteiger partial charge on any atom is 0.132 e. The summed E-state index contributed by atoms with van der Waals surface area (Å²) in [6.07, 6.45) is 7.02. The van der Waals surface area contributed by atoms with Gasteiger partial charge in [-0.15, -0.1) is 10.2 Å². The van der Waals surface area contributed by atoms with E-state index in [4.69, 9.17) is 0 Å². The van der Waals surface area contributed by atoms with Crippen LogP contribution in [0.15, 0.2) is 6.33 Å². The monoisotopic (exact) mass is 151 g/mol. The highest BCUT2D eigenvalue weighted by Gasteiger charge is 2.21. The number of hydrogen-bond donors (Lipinski definition) is 0. The van der Waals surface area contributed by atoms with Gasteiger partial charge in [0.05, 0.1) is 0 Å². The number of nitrogens with zero attached hydrogens (tertiary/aromatic N) is 3. The molecule has 0 amide bonds. The predicted molar refractivity (Wildman–Crippen MR) is 42.0 cm³/mol. The molecule has 1 aliphatic rings. The average Bonchev–Trinajstić information content (AvgIpc) is 2.73. The molecule has 1 aliphatic carbocycles. The Morgan fingerprint density at radius 1 is 1.64 bits per heavy atom. The van der Waals surface area contributed by atoms with Gasteiger partial charge >= 0.3 is 0 Å². The Labute approximate surface area is 66.4 Å². The molecule has 0 aromatic carbocycles. The second kappa shape index (κ2) is 2.64. The molecule has 60 valence electrons. The van der Waals surface area contributed by atoms with Crippen LogP contribution in [-0.2, 0) is 13.5 Å². The molecule has 0 bridgehead atoms. The van der Waals surface area contributed by atoms with Crippen LogP contribution >= 0.6 is 0 Å². The van der Waals surface area contributed by atoms with Gasteiger partial charge in [-0.3, -0.25) is 0 Å². The molecule has 0 aliphatic heterocycles. The third-order valence-corrected chi connectivity index (χ3v) is 2.28. The molecule has 0 unspecified atom stereocenters. The van der Waals surface area contributed by atoms with Crippen molar-refractivity contribution in [3.8, 4) is 0 Å². The van der Waals surface area contributed by atoms with Gasteiger partial charge in [-0.1, -0.05) is 12.8 Å². The molecule has 1 fully saturated rings. The number of rotatable bonds is 3. The minimum atomic E-state index is 0.992. The van der Waals surface area contributed by atoms with Crippen LogP contribution in [0.4, 0.5) is 0 Å². The van der Waals surface area contributed by atoms with Crippen LogP contribution in [0.3, 0.4) is 0 Å². The van der Waals surface area contributed by atoms with Crippen molar-refractivity contribution in [2.24, 2.45) is 13.0 Å². The second-order valence-corrected chi connectivity index (χ2v) is 3.34. The van der Waals surface area contributed by atoms with Crippen molar-refractivity contribution in [1.82, 2.24) is 14.8 Å². The van der Waals surface area contributed by atoms with Crippen molar-refractivity contribution in [2.45, 2.75) is 25.7 Å². The molecule has 11 heavy (non-hydrogen) atoms. The summed E-state index contributed by atoms with van der Waals surface area (Å²) >= 11 is 0. The zero-order chi connectivity index (χ0) is 7.68. The molecule has 0 spiro atoms. The molecule has 1 aromatic rings. The fourth-order valence-corrected chi connectivity index (χ4v) is 1.27. The summed E-state index contributed by atoms with van der Waals surface area (Å²) in [5.41, 5.74) is 0. The van der Waals surface area contributed by atoms with Crippen LogP contribution in [0.1, 0.15) is 25.1 Å². The van der Waals surface area contributed by atoms with Crippen LogP contribution in [0.25, 0.3) is 0 Å². The minimum Gasteiger partial charge on any atom is -0.321 e. The van der Waals surface area contributed by atoms with Gasteiger partial charge in [-0.2, -0.15) is 0 Å². The molecule has 2 rings (SSSR count). The van der Waals surface area contributed by atoms with Crippen LogP contribution in [-0.4, -0.2) is 14.8 Å². The molecule has 1 heterocycles. The van der Waals surface area contributed by atoms with Crippen LogP contribution in [0.2, 0.25) is 0 Å². The lowest BCUT2D eigenvalue weighted by molar-refractivity contribution is 0.670. The Bertz CT molecular complexity index is 237. The number of aromatic nitrogens is 3. The predicted octanol–water partition coefficient (Wildman–Crippen LogP) is 1.16. The Morgan fingerprint density at radius 2 is 2.45 bits per heavy atom. The van der Waals surface area contributed by atoms with Crippen molar-refractivity contribution >= 4 is 0 Å². The highest BCUT2D eigenvalue weighted by atomic mass is 15.2. The van der Waals surface area contributed by atoms with E-state index in [9.17, 15) is 0 Å². The molecule has 1 aromatic heterocycles. The SMILES string of the molecule is Cn1cnnc1CCC1CC1. The van der Waals surface area contributed by atoms with Gasteiger partial charge in [0.25, 0.3) is 0 Å². The zero-order valence-corrected chi connectivity index (χ0v) is 6.82. The Balaban J connectivity index is 1.89. The fraction of sp³-hybridized carbons (Fsp3) is 0.750. The third kappa shape index (κ3) is 1.59. The zero-order valence-electron chi connectivity index (χ0n) is 6.82. The molecule has 0 saturated heterocycles. The second-order valence-electron chi connectivity index (χ2n) is 3.34. The van der Waals surface area contributed by atoms with Gasteiger partial charge in [-0.05, 0) is 12.3 Å². The van der Waals surface area contributed by atoms with Crippen molar-refractivity contribution in [1.29, 1.82) is 0 Å². The molecule has 0 atom stereocenters. The summed E-state index contributed by atoms with van der Waals surface area (Å²) in [5.74, 6) is 2.11. The molecule has 3 heteroatoms. The standard InChI is InChI=1S/C8H13N3/c1-11-6-9-10-8(11)5-4-7-2-3-7/h6-7H,2-5H2,1H3. The first-order chi connectivity index (χ1) is 5.36. The van der Waals surface area contributed by atoms with E-state index in [-0.39, 0.29) is 0 Å². The Kier molecular flexibility index (Phi) is 1.64. The minimum absolute atomic E-state index is 0.992. The van der Waals surface area contributed by atoms with Gasteiger partial charge in [0.2, 0.25) is 0 Å². The topological polar surface area (TPSA) is 30.7 Å². The molecule has 0 N–H and O–H groups in total. The summed E-state index contributed by atoms with van der Waals surface area (Å²) in [7, 11) is 2.00. The van der Waals surface area contributed by atoms with E-state index in [1.165, 1.54) is 19.3 Å². The molecular weight excluding hydrogens is 138 g/mol. The third-order valence-electron chi connectivity index (χ3n) is 2.28. The van der Waals surface area contributed by atoms with Crippen LogP contribution in [0.5, 0.6) is 0 Å². The van der Waals surface area contributed by atoms with E-state index in [0.29, 0.717) is 0 Å². The first kappa shape index (κ1) is 6.83. The van der Waals surface area contributed by atoms with E-state index in [1.807, 2.05) is 11.6 Å². The summed E-state index contributed by atoms with van der Waals surface area (Å²) in [6, 6.07) is 0. The van der Waals surface area contributed by atoms with E-state index in [2.05, 4.69) is 10.2 Å². The van der Waals surface area contributed by atoms with Crippen LogP contribution < -0.4 is 0 Å². The molecule has 3 nitrogen and oxygen atoms in total. The maximum atomic E-state index is 4.03. The fourth-order valence-electron chi connectivity index (χ4n) is 1.27. The van der Waals surface area contributed by atoms with Gasteiger partial charge in [0.1, 0.15) is 12.2 Å². The first-order valence-corrected chi connectivity index (χ1v) is 4.19. The summed E-state index contributed by atoms with van der Waals surface area (Å²) in [5, 5.41) is 7.86. The number of aryl methyl sites for hydroxylation is 2. The van der Waals surface area contributed by atoms with Crippen molar-refractivity contribution < 1.29 is 0 Å². The quantitative estimate of drug-likeness (QED) is 0.649. The van der Waals surface area contributed by atoms with Gasteiger partial charge < -0.3 is 4.57 Å². The smallest absolute Gasteiger partial charge is 0.132 e. The maximum absolute atomic E-state index is 4.03. The normalized spacial score (nSPS) is 17.2. The van der Waals surface area contributed by atoms with Crippen molar-refractivity contribution in [2.75, 3.05) is 0 Å². The van der Waals surface area contributed by atoms with E-state index in [1.54, 1.807) is 6.33 Å². The molecule has 0 radical (unpaired) electrons. The van der Waals surface area contributed by atoms with Crippen molar-refractivity contribution in [3.05, 3.63) is 12.2 Å². The van der Waals surface area contributed by atoms with Crippen molar-refractivity contribution in [3.63, 3.8) is 0 Å². The highest BCUT2D eigenvalue weighted by molar-refractivity contribution is 4.87. The summed E-state index contributed by atoms with van der Waals surface area (Å²) in [6.45, 7) is 0. The lowest BCUT2D eigenvalue weighted by Gasteiger charge is -1.97. The van der Waals surface area contributed by atoms with E-state index >= 15 is 0 Å². The largest absolute Gasteiger partial charge is 0.321 e. The van der Waals surface area contributed by atoms with E-state index in [0.717, 1.165) is 18.2 Å². The highest BCUT2D eigenvalue weighted by Crippen LogP contribution is 2.33.